The standard InChI is InChI=1S/C6H7P.K/c7-6-4-2-1-3-5-6;/h1-5H,7H2;. The summed E-state index contributed by atoms with van der Waals surface area (Å²) in [6, 6.07) is 10.1. The summed E-state index contributed by atoms with van der Waals surface area (Å²) >= 11 is 0. The topological polar surface area (TPSA) is 0 Å². The van der Waals surface area contributed by atoms with Crippen LogP contribution in [0.5, 0.6) is 0 Å². The molecule has 0 N–H and O–H groups in total. The molecule has 0 nitrogen and oxygen atoms in total. The summed E-state index contributed by atoms with van der Waals surface area (Å²) in [7, 11) is 2.63. The average molecular weight is 149 g/mol. The third-order valence-corrected chi connectivity index (χ3v) is 1.18. The Bertz CT molecular complexity index is 138. The Morgan fingerprint density at radius 2 is 1.50 bits per heavy atom. The van der Waals surface area contributed by atoms with Crippen LogP contribution >= 0.6 is 9.24 Å². The molecule has 37 valence electrons. The minimum absolute atomic E-state index is 0. The van der Waals surface area contributed by atoms with E-state index in [4.69, 9.17) is 0 Å². The number of hydrogen-bond acceptors (Lipinski definition) is 0. The van der Waals surface area contributed by atoms with Gasteiger partial charge >= 0.3 is 0 Å². The van der Waals surface area contributed by atoms with E-state index in [1.165, 1.54) is 5.30 Å². The summed E-state index contributed by atoms with van der Waals surface area (Å²) in [5.41, 5.74) is 0. The molecular weight excluding hydrogens is 142 g/mol. The van der Waals surface area contributed by atoms with Gasteiger partial charge < -0.3 is 0 Å². The van der Waals surface area contributed by atoms with Crippen LogP contribution in [0.15, 0.2) is 30.3 Å². The molecular formula is C6H7KP. The fourth-order valence-electron chi connectivity index (χ4n) is 0.453. The summed E-state index contributed by atoms with van der Waals surface area (Å²) in [5.74, 6) is 0. The van der Waals surface area contributed by atoms with Gasteiger partial charge in [-0.2, -0.15) is 0 Å². The first-order chi connectivity index (χ1) is 3.39. The zero-order valence-corrected chi connectivity index (χ0v) is 9.24. The van der Waals surface area contributed by atoms with Gasteiger partial charge in [-0.25, -0.2) is 0 Å². The Hall–Kier alpha value is 1.29. The van der Waals surface area contributed by atoms with Crippen LogP contribution < -0.4 is 5.30 Å². The van der Waals surface area contributed by atoms with E-state index in [9.17, 15) is 0 Å². The van der Waals surface area contributed by atoms with E-state index >= 15 is 0 Å². The van der Waals surface area contributed by atoms with Gasteiger partial charge in [0.15, 0.2) is 0 Å². The number of benzene rings is 1. The minimum atomic E-state index is 0. The summed E-state index contributed by atoms with van der Waals surface area (Å²) in [6.45, 7) is 0. The Morgan fingerprint density at radius 3 is 1.75 bits per heavy atom. The molecule has 1 aromatic carbocycles. The molecule has 0 heterocycles. The molecule has 0 amide bonds. The quantitative estimate of drug-likeness (QED) is 0.378. The molecule has 1 radical (unpaired) electrons. The molecule has 0 fully saturated rings. The Morgan fingerprint density at radius 1 is 1.00 bits per heavy atom. The second-order valence-electron chi connectivity index (χ2n) is 1.41. The zero-order valence-electron chi connectivity index (χ0n) is 4.96. The van der Waals surface area contributed by atoms with Gasteiger partial charge in [0.2, 0.25) is 0 Å². The van der Waals surface area contributed by atoms with E-state index in [1.54, 1.807) is 0 Å². The van der Waals surface area contributed by atoms with Gasteiger partial charge in [0.25, 0.3) is 0 Å². The normalized spacial score (nSPS) is 7.62. The minimum Gasteiger partial charge on any atom is -0.106 e. The monoisotopic (exact) mass is 149 g/mol. The first-order valence-electron chi connectivity index (χ1n) is 2.20. The van der Waals surface area contributed by atoms with Crippen LogP contribution in [0.1, 0.15) is 0 Å². The molecule has 0 spiro atoms. The molecule has 0 aromatic heterocycles. The molecule has 0 saturated carbocycles. The summed E-state index contributed by atoms with van der Waals surface area (Å²) in [4.78, 5) is 0. The van der Waals surface area contributed by atoms with E-state index in [-0.39, 0.29) is 51.4 Å². The molecule has 8 heavy (non-hydrogen) atoms. The number of rotatable bonds is 0. The molecule has 1 unspecified atom stereocenters. The van der Waals surface area contributed by atoms with Crippen LogP contribution in [0.2, 0.25) is 0 Å². The van der Waals surface area contributed by atoms with Gasteiger partial charge in [-0.15, -0.1) is 9.24 Å². The first-order valence-corrected chi connectivity index (χ1v) is 2.78. The average Bonchev–Trinajstić information content (AvgIpc) is 1.69. The van der Waals surface area contributed by atoms with E-state index in [0.29, 0.717) is 0 Å². The van der Waals surface area contributed by atoms with Crippen molar-refractivity contribution in [3.8, 4) is 0 Å². The van der Waals surface area contributed by atoms with Crippen LogP contribution in [0, 0.1) is 0 Å². The van der Waals surface area contributed by atoms with Crippen LogP contribution in [-0.4, -0.2) is 51.4 Å². The van der Waals surface area contributed by atoms with Crippen LogP contribution in [0.25, 0.3) is 0 Å². The number of hydrogen-bond donors (Lipinski definition) is 0. The maximum absolute atomic E-state index is 2.63. The van der Waals surface area contributed by atoms with Crippen LogP contribution in [-0.2, 0) is 0 Å². The summed E-state index contributed by atoms with van der Waals surface area (Å²) < 4.78 is 0. The van der Waals surface area contributed by atoms with Gasteiger partial charge in [-0.1, -0.05) is 30.3 Å². The first kappa shape index (κ1) is 9.29. The molecule has 0 aliphatic carbocycles. The van der Waals surface area contributed by atoms with Gasteiger partial charge in [-0.3, -0.25) is 0 Å². The second-order valence-corrected chi connectivity index (χ2v) is 2.08. The SMILES string of the molecule is Pc1ccccc1.[K]. The van der Waals surface area contributed by atoms with E-state index < -0.39 is 0 Å². The fraction of sp³-hybridized carbons (Fsp3) is 0. The van der Waals surface area contributed by atoms with Crippen LogP contribution in [0.4, 0.5) is 0 Å². The fourth-order valence-corrected chi connectivity index (χ4v) is 0.675. The van der Waals surface area contributed by atoms with Gasteiger partial charge in [0.1, 0.15) is 0 Å². The summed E-state index contributed by atoms with van der Waals surface area (Å²) in [5, 5.41) is 1.24. The van der Waals surface area contributed by atoms with Crippen molar-refractivity contribution in [2.45, 2.75) is 0 Å². The van der Waals surface area contributed by atoms with Crippen molar-refractivity contribution < 1.29 is 0 Å². The predicted molar refractivity (Wildman–Crippen MR) is 41.5 cm³/mol. The van der Waals surface area contributed by atoms with Crippen molar-refractivity contribution in [2.75, 3.05) is 0 Å². The Kier molecular flexibility index (Phi) is 5.92. The summed E-state index contributed by atoms with van der Waals surface area (Å²) in [6.07, 6.45) is 0. The van der Waals surface area contributed by atoms with Crippen molar-refractivity contribution in [2.24, 2.45) is 0 Å². The predicted octanol–water partition coefficient (Wildman–Crippen LogP) is 0.806. The third-order valence-electron chi connectivity index (χ3n) is 0.800. The smallest absolute Gasteiger partial charge is 0 e. The van der Waals surface area contributed by atoms with E-state index in [1.807, 2.05) is 30.3 Å². The Labute approximate surface area is 94.7 Å². The van der Waals surface area contributed by atoms with Crippen molar-refractivity contribution in [3.05, 3.63) is 30.3 Å². The maximum atomic E-state index is 2.63. The third kappa shape index (κ3) is 3.34. The molecule has 0 saturated heterocycles. The van der Waals surface area contributed by atoms with Crippen LogP contribution in [0.3, 0.4) is 0 Å². The van der Waals surface area contributed by atoms with Crippen molar-refractivity contribution in [3.63, 3.8) is 0 Å². The van der Waals surface area contributed by atoms with Crippen molar-refractivity contribution in [1.29, 1.82) is 0 Å². The maximum Gasteiger partial charge on any atom is 0 e. The molecule has 0 bridgehead atoms. The largest absolute Gasteiger partial charge is 0.106 e. The molecule has 1 rings (SSSR count). The zero-order chi connectivity index (χ0) is 5.11. The molecule has 1 atom stereocenters. The molecule has 1 aromatic rings. The van der Waals surface area contributed by atoms with Gasteiger partial charge in [0, 0.05) is 51.4 Å². The van der Waals surface area contributed by atoms with Gasteiger partial charge in [0.05, 0.1) is 0 Å². The van der Waals surface area contributed by atoms with Crippen molar-refractivity contribution >= 4 is 65.9 Å². The van der Waals surface area contributed by atoms with Crippen molar-refractivity contribution in [1.82, 2.24) is 0 Å². The van der Waals surface area contributed by atoms with Gasteiger partial charge in [-0.05, 0) is 5.30 Å². The molecule has 2 heteroatoms. The van der Waals surface area contributed by atoms with E-state index in [2.05, 4.69) is 9.24 Å². The second kappa shape index (κ2) is 5.10. The Balaban J connectivity index is 0.000000490. The molecule has 0 aliphatic heterocycles. The molecule has 0 aliphatic rings. The van der Waals surface area contributed by atoms with E-state index in [0.717, 1.165) is 0 Å².